The second-order valence-electron chi connectivity index (χ2n) is 6.77. The quantitative estimate of drug-likeness (QED) is 0.651. The summed E-state index contributed by atoms with van der Waals surface area (Å²) in [6.07, 6.45) is 1.02. The van der Waals surface area contributed by atoms with E-state index >= 15 is 0 Å². The number of hydrogen-bond acceptors (Lipinski definition) is 7. The van der Waals surface area contributed by atoms with Crippen LogP contribution >= 0.6 is 11.3 Å². The van der Waals surface area contributed by atoms with E-state index in [0.29, 0.717) is 30.6 Å². The van der Waals surface area contributed by atoms with Gasteiger partial charge in [-0.1, -0.05) is 11.3 Å². The van der Waals surface area contributed by atoms with Gasteiger partial charge in [0.1, 0.15) is 0 Å². The lowest BCUT2D eigenvalue weighted by Crippen LogP contribution is -2.38. The van der Waals surface area contributed by atoms with Gasteiger partial charge in [-0.3, -0.25) is 14.4 Å². The first-order valence-corrected chi connectivity index (χ1v) is 9.86. The minimum absolute atomic E-state index is 0.0444. The first kappa shape index (κ1) is 18.6. The molecule has 0 saturated carbocycles. The van der Waals surface area contributed by atoms with Gasteiger partial charge in [-0.25, -0.2) is 4.98 Å². The zero-order chi connectivity index (χ0) is 19.5. The third-order valence-electron chi connectivity index (χ3n) is 4.61. The van der Waals surface area contributed by atoms with Gasteiger partial charge in [0.15, 0.2) is 6.61 Å². The lowest BCUT2D eigenvalue weighted by atomic mass is 10.1. The number of rotatable bonds is 6. The summed E-state index contributed by atoms with van der Waals surface area (Å²) in [6, 6.07) is 5.38. The molecule has 2 saturated heterocycles. The molecule has 0 radical (unpaired) electrons. The normalized spacial score (nSPS) is 21.5. The summed E-state index contributed by atoms with van der Waals surface area (Å²) in [5.41, 5.74) is 1.35. The molecule has 3 N–H and O–H groups in total. The largest absolute Gasteiger partial charge is 0.460 e. The molecule has 2 aromatic rings. The van der Waals surface area contributed by atoms with Crippen molar-refractivity contribution in [3.63, 3.8) is 0 Å². The van der Waals surface area contributed by atoms with E-state index in [1.807, 2.05) is 0 Å². The predicted octanol–water partition coefficient (Wildman–Crippen LogP) is 0.655. The molecule has 2 aliphatic heterocycles. The SMILES string of the molecule is O=C1CC(C(=O)Nc2ccc3nc(OCC(=O)NC4CCOC4)sc3c2)CN1. The van der Waals surface area contributed by atoms with Crippen molar-refractivity contribution in [1.82, 2.24) is 15.6 Å². The van der Waals surface area contributed by atoms with Crippen LogP contribution in [0.3, 0.4) is 0 Å². The Labute approximate surface area is 164 Å². The first-order valence-electron chi connectivity index (χ1n) is 9.05. The van der Waals surface area contributed by atoms with Crippen LogP contribution in [0.1, 0.15) is 12.8 Å². The van der Waals surface area contributed by atoms with Crippen LogP contribution in [-0.2, 0) is 19.1 Å². The van der Waals surface area contributed by atoms with Crippen molar-refractivity contribution in [1.29, 1.82) is 0 Å². The summed E-state index contributed by atoms with van der Waals surface area (Å²) in [4.78, 5) is 39.7. The van der Waals surface area contributed by atoms with Crippen molar-refractivity contribution < 1.29 is 23.9 Å². The van der Waals surface area contributed by atoms with Gasteiger partial charge in [0.05, 0.1) is 28.8 Å². The molecule has 3 amide bonds. The minimum Gasteiger partial charge on any atom is -0.460 e. The Bertz CT molecular complexity index is 909. The molecule has 4 rings (SSSR count). The molecule has 148 valence electrons. The van der Waals surface area contributed by atoms with Gasteiger partial charge >= 0.3 is 0 Å². The Balaban J connectivity index is 1.34. The average molecular weight is 404 g/mol. The number of anilines is 1. The summed E-state index contributed by atoms with van der Waals surface area (Å²) in [5.74, 6) is -0.856. The van der Waals surface area contributed by atoms with E-state index in [-0.39, 0.29) is 42.7 Å². The van der Waals surface area contributed by atoms with Crippen LogP contribution in [0.25, 0.3) is 10.2 Å². The number of ether oxygens (including phenoxy) is 2. The molecule has 2 fully saturated rings. The van der Waals surface area contributed by atoms with Crippen molar-refractivity contribution in [3.05, 3.63) is 18.2 Å². The lowest BCUT2D eigenvalue weighted by molar-refractivity contribution is -0.123. The summed E-state index contributed by atoms with van der Waals surface area (Å²) >= 11 is 1.30. The smallest absolute Gasteiger partial charge is 0.274 e. The number of nitrogens with one attached hydrogen (secondary N) is 3. The van der Waals surface area contributed by atoms with Crippen molar-refractivity contribution in [2.24, 2.45) is 5.92 Å². The van der Waals surface area contributed by atoms with Crippen molar-refractivity contribution in [2.45, 2.75) is 18.9 Å². The predicted molar refractivity (Wildman–Crippen MR) is 102 cm³/mol. The molecule has 2 unspecified atom stereocenters. The molecule has 0 spiro atoms. The highest BCUT2D eigenvalue weighted by Gasteiger charge is 2.28. The summed E-state index contributed by atoms with van der Waals surface area (Å²) in [7, 11) is 0. The maximum absolute atomic E-state index is 12.2. The zero-order valence-electron chi connectivity index (χ0n) is 15.0. The number of thiazole rings is 1. The Morgan fingerprint density at radius 2 is 2.29 bits per heavy atom. The number of carbonyl (C=O) groups excluding carboxylic acids is 3. The molecule has 2 aliphatic rings. The standard InChI is InChI=1S/C18H20N4O5S/c23-15-5-10(7-19-15)17(25)21-11-1-2-13-14(6-11)28-18(22-13)27-9-16(24)20-12-3-4-26-8-12/h1-2,6,10,12H,3-5,7-9H2,(H,19,23)(H,20,24)(H,21,25). The van der Waals surface area contributed by atoms with E-state index in [0.717, 1.165) is 16.6 Å². The van der Waals surface area contributed by atoms with Gasteiger partial charge in [0, 0.05) is 25.3 Å². The third kappa shape index (κ3) is 4.39. The zero-order valence-corrected chi connectivity index (χ0v) is 15.8. The fourth-order valence-corrected chi connectivity index (χ4v) is 3.98. The van der Waals surface area contributed by atoms with Crippen LogP contribution in [0.4, 0.5) is 5.69 Å². The van der Waals surface area contributed by atoms with Gasteiger partial charge in [-0.15, -0.1) is 0 Å². The molecule has 1 aromatic heterocycles. The van der Waals surface area contributed by atoms with Gasteiger partial charge < -0.3 is 25.4 Å². The summed E-state index contributed by atoms with van der Waals surface area (Å²) in [5, 5.41) is 8.72. The van der Waals surface area contributed by atoms with Gasteiger partial charge in [0.2, 0.25) is 11.8 Å². The highest BCUT2D eigenvalue weighted by molar-refractivity contribution is 7.20. The van der Waals surface area contributed by atoms with Gasteiger partial charge in [-0.2, -0.15) is 0 Å². The highest BCUT2D eigenvalue weighted by Crippen LogP contribution is 2.30. The molecule has 2 atom stereocenters. The van der Waals surface area contributed by atoms with Gasteiger partial charge in [-0.05, 0) is 24.6 Å². The first-order chi connectivity index (χ1) is 13.6. The average Bonchev–Trinajstić information content (AvgIpc) is 3.40. The molecular formula is C18H20N4O5S. The Morgan fingerprint density at radius 3 is 3.04 bits per heavy atom. The maximum atomic E-state index is 12.2. The lowest BCUT2D eigenvalue weighted by Gasteiger charge is -2.10. The fraction of sp³-hybridized carbons (Fsp3) is 0.444. The molecule has 10 heteroatoms. The van der Waals surface area contributed by atoms with Crippen LogP contribution < -0.4 is 20.7 Å². The van der Waals surface area contributed by atoms with E-state index in [4.69, 9.17) is 9.47 Å². The monoisotopic (exact) mass is 404 g/mol. The van der Waals surface area contributed by atoms with E-state index in [1.165, 1.54) is 11.3 Å². The number of hydrogen-bond donors (Lipinski definition) is 3. The number of carbonyl (C=O) groups is 3. The van der Waals surface area contributed by atoms with Crippen LogP contribution in [0.15, 0.2) is 18.2 Å². The number of benzene rings is 1. The molecular weight excluding hydrogens is 384 g/mol. The van der Waals surface area contributed by atoms with Crippen LogP contribution in [0.5, 0.6) is 5.19 Å². The molecule has 3 heterocycles. The summed E-state index contributed by atoms with van der Waals surface area (Å²) in [6.45, 7) is 1.45. The van der Waals surface area contributed by atoms with Crippen LogP contribution in [-0.4, -0.2) is 55.1 Å². The van der Waals surface area contributed by atoms with Crippen molar-refractivity contribution in [2.75, 3.05) is 31.7 Å². The van der Waals surface area contributed by atoms with Crippen molar-refractivity contribution in [3.8, 4) is 5.19 Å². The number of nitrogens with zero attached hydrogens (tertiary/aromatic N) is 1. The van der Waals surface area contributed by atoms with Crippen molar-refractivity contribution >= 4 is 45.0 Å². The third-order valence-corrected chi connectivity index (χ3v) is 5.54. The van der Waals surface area contributed by atoms with Crippen LogP contribution in [0, 0.1) is 5.92 Å². The molecule has 0 aliphatic carbocycles. The van der Waals surface area contributed by atoms with Gasteiger partial charge in [0.25, 0.3) is 11.1 Å². The second-order valence-corrected chi connectivity index (χ2v) is 7.77. The molecule has 0 bridgehead atoms. The number of fused-ring (bicyclic) bond motifs is 1. The molecule has 28 heavy (non-hydrogen) atoms. The Hall–Kier alpha value is -2.72. The fourth-order valence-electron chi connectivity index (χ4n) is 3.12. The topological polar surface area (TPSA) is 119 Å². The molecule has 1 aromatic carbocycles. The van der Waals surface area contributed by atoms with E-state index in [2.05, 4.69) is 20.9 Å². The maximum Gasteiger partial charge on any atom is 0.274 e. The molecule has 9 nitrogen and oxygen atoms in total. The van der Waals surface area contributed by atoms with E-state index < -0.39 is 0 Å². The highest BCUT2D eigenvalue weighted by atomic mass is 32.1. The number of amides is 3. The van der Waals surface area contributed by atoms with E-state index in [9.17, 15) is 14.4 Å². The second kappa shape index (κ2) is 8.11. The Kier molecular flexibility index (Phi) is 5.40. The van der Waals surface area contributed by atoms with Crippen LogP contribution in [0.2, 0.25) is 0 Å². The summed E-state index contributed by atoms with van der Waals surface area (Å²) < 4.78 is 11.6. The van der Waals surface area contributed by atoms with E-state index in [1.54, 1.807) is 18.2 Å². The number of aromatic nitrogens is 1. The Morgan fingerprint density at radius 1 is 1.39 bits per heavy atom. The minimum atomic E-state index is -0.354.